The number of aromatic carboxylic acids is 1. The van der Waals surface area contributed by atoms with Crippen molar-refractivity contribution in [1.82, 2.24) is 10.2 Å². The van der Waals surface area contributed by atoms with E-state index >= 15 is 0 Å². The van der Waals surface area contributed by atoms with Gasteiger partial charge in [-0.2, -0.15) is 5.10 Å². The highest BCUT2D eigenvalue weighted by atomic mass is 16.6. The van der Waals surface area contributed by atoms with Crippen molar-refractivity contribution in [2.75, 3.05) is 0 Å². The Balaban J connectivity index is 2.34. The third-order valence-electron chi connectivity index (χ3n) is 2.39. The molecule has 0 amide bonds. The first-order valence-electron chi connectivity index (χ1n) is 5.47. The number of carboxylic acids is 1. The molecule has 0 spiro atoms. The zero-order valence-corrected chi connectivity index (χ0v) is 10.3. The van der Waals surface area contributed by atoms with Crippen LogP contribution in [0.2, 0.25) is 0 Å². The second kappa shape index (κ2) is 5.31. The van der Waals surface area contributed by atoms with Gasteiger partial charge in [0.05, 0.1) is 10.6 Å². The minimum Gasteiger partial charge on any atom is -0.477 e. The maximum absolute atomic E-state index is 11.0. The molecular weight excluding hydrogens is 266 g/mol. The van der Waals surface area contributed by atoms with E-state index in [1.807, 2.05) is 0 Å². The Morgan fingerprint density at radius 3 is 2.60 bits per heavy atom. The highest BCUT2D eigenvalue weighted by Crippen LogP contribution is 2.26. The van der Waals surface area contributed by atoms with Crippen molar-refractivity contribution in [3.63, 3.8) is 0 Å². The lowest BCUT2D eigenvalue weighted by atomic mass is 10.1. The largest absolute Gasteiger partial charge is 0.477 e. The fraction of sp³-hybridized carbons (Fsp3) is 0.0833. The lowest BCUT2D eigenvalue weighted by Gasteiger charge is -2.05. The topological polar surface area (TPSA) is 115 Å². The molecule has 1 aromatic heterocycles. The van der Waals surface area contributed by atoms with Crippen LogP contribution in [0.25, 0.3) is 0 Å². The summed E-state index contributed by atoms with van der Waals surface area (Å²) in [6, 6.07) is 6.67. The van der Waals surface area contributed by atoms with Gasteiger partial charge in [0.2, 0.25) is 5.88 Å². The van der Waals surface area contributed by atoms with E-state index in [4.69, 9.17) is 9.84 Å². The molecule has 0 saturated carbocycles. The van der Waals surface area contributed by atoms with E-state index in [1.165, 1.54) is 6.07 Å². The molecule has 0 bridgehead atoms. The molecule has 0 radical (unpaired) electrons. The molecular formula is C12H9N3O5. The van der Waals surface area contributed by atoms with Crippen LogP contribution in [0.3, 0.4) is 0 Å². The molecule has 0 aliphatic heterocycles. The van der Waals surface area contributed by atoms with Crippen LogP contribution >= 0.6 is 0 Å². The van der Waals surface area contributed by atoms with E-state index in [9.17, 15) is 14.9 Å². The highest BCUT2D eigenvalue weighted by molar-refractivity contribution is 5.92. The van der Waals surface area contributed by atoms with E-state index in [2.05, 4.69) is 10.2 Å². The Hall–Kier alpha value is -3.03. The van der Waals surface area contributed by atoms with Gasteiger partial charge in [-0.25, -0.2) is 4.79 Å². The first-order valence-corrected chi connectivity index (χ1v) is 5.47. The van der Waals surface area contributed by atoms with E-state index in [0.29, 0.717) is 5.69 Å². The molecule has 1 N–H and O–H groups in total. The van der Waals surface area contributed by atoms with Gasteiger partial charge in [0.25, 0.3) is 5.69 Å². The fourth-order valence-corrected chi connectivity index (χ4v) is 1.47. The predicted octanol–water partition coefficient (Wildman–Crippen LogP) is 2.18. The molecule has 8 heteroatoms. The minimum absolute atomic E-state index is 0.131. The third kappa shape index (κ3) is 2.86. The molecule has 0 unspecified atom stereocenters. The van der Waals surface area contributed by atoms with E-state index in [1.54, 1.807) is 19.1 Å². The van der Waals surface area contributed by atoms with Gasteiger partial charge in [0.1, 0.15) is 11.3 Å². The van der Waals surface area contributed by atoms with Gasteiger partial charge in [0.15, 0.2) is 0 Å². The fourth-order valence-electron chi connectivity index (χ4n) is 1.47. The second-order valence-electron chi connectivity index (χ2n) is 3.86. The number of rotatable bonds is 4. The monoisotopic (exact) mass is 275 g/mol. The maximum Gasteiger partial charge on any atom is 0.342 e. The van der Waals surface area contributed by atoms with E-state index < -0.39 is 22.1 Å². The van der Waals surface area contributed by atoms with Crippen molar-refractivity contribution in [1.29, 1.82) is 0 Å². The van der Waals surface area contributed by atoms with Crippen LogP contribution in [0.15, 0.2) is 30.3 Å². The summed E-state index contributed by atoms with van der Waals surface area (Å²) >= 11 is 0. The van der Waals surface area contributed by atoms with Gasteiger partial charge in [-0.1, -0.05) is 0 Å². The SMILES string of the molecule is Cc1ccc(Oc2ccc([N+](=O)[O-])c(C(=O)O)c2)nn1. The molecule has 0 aliphatic rings. The summed E-state index contributed by atoms with van der Waals surface area (Å²) in [7, 11) is 0. The number of ether oxygens (including phenoxy) is 1. The number of carboxylic acid groups (broad SMARTS) is 1. The van der Waals surface area contributed by atoms with Gasteiger partial charge < -0.3 is 9.84 Å². The van der Waals surface area contributed by atoms with Crippen LogP contribution in [-0.2, 0) is 0 Å². The van der Waals surface area contributed by atoms with Crippen LogP contribution in [0.4, 0.5) is 5.69 Å². The zero-order valence-electron chi connectivity index (χ0n) is 10.3. The standard InChI is InChI=1S/C12H9N3O5/c1-7-2-5-11(14-13-7)20-8-3-4-10(15(18)19)9(6-8)12(16)17/h2-6H,1H3,(H,16,17). The molecule has 1 heterocycles. The Labute approximate surface area is 112 Å². The molecule has 0 atom stereocenters. The smallest absolute Gasteiger partial charge is 0.342 e. The number of carbonyl (C=O) groups is 1. The van der Waals surface area contributed by atoms with Crippen LogP contribution in [0.1, 0.15) is 16.1 Å². The van der Waals surface area contributed by atoms with Gasteiger partial charge in [-0.15, -0.1) is 5.10 Å². The summed E-state index contributed by atoms with van der Waals surface area (Å²) in [5, 5.41) is 27.2. The lowest BCUT2D eigenvalue weighted by molar-refractivity contribution is -0.385. The predicted molar refractivity (Wildman–Crippen MR) is 66.9 cm³/mol. The average Bonchev–Trinajstić information content (AvgIpc) is 2.41. The molecule has 1 aromatic carbocycles. The van der Waals surface area contributed by atoms with Gasteiger partial charge in [-0.3, -0.25) is 10.1 Å². The molecule has 20 heavy (non-hydrogen) atoms. The van der Waals surface area contributed by atoms with E-state index in [-0.39, 0.29) is 11.6 Å². The number of nitrogens with zero attached hydrogens (tertiary/aromatic N) is 3. The van der Waals surface area contributed by atoms with Crippen molar-refractivity contribution in [3.8, 4) is 11.6 Å². The molecule has 0 aliphatic carbocycles. The number of aryl methyl sites for hydroxylation is 1. The number of nitro groups is 1. The quantitative estimate of drug-likeness (QED) is 0.671. The number of hydrogen-bond donors (Lipinski definition) is 1. The summed E-state index contributed by atoms with van der Waals surface area (Å²) in [4.78, 5) is 20.9. The molecule has 2 aromatic rings. The molecule has 0 fully saturated rings. The normalized spacial score (nSPS) is 10.1. The third-order valence-corrected chi connectivity index (χ3v) is 2.39. The van der Waals surface area contributed by atoms with Crippen molar-refractivity contribution in [2.45, 2.75) is 6.92 Å². The number of hydrogen-bond acceptors (Lipinski definition) is 6. The summed E-state index contributed by atoms with van der Waals surface area (Å²) in [5.41, 5.74) is -0.250. The first kappa shape index (κ1) is 13.4. The van der Waals surface area contributed by atoms with Crippen LogP contribution < -0.4 is 4.74 Å². The summed E-state index contributed by atoms with van der Waals surface area (Å²) in [6.45, 7) is 1.76. The maximum atomic E-state index is 11.0. The van der Waals surface area contributed by atoms with Gasteiger partial charge in [-0.05, 0) is 19.1 Å². The Bertz CT molecular complexity index is 669. The molecule has 2 rings (SSSR count). The van der Waals surface area contributed by atoms with Gasteiger partial charge >= 0.3 is 5.97 Å². The minimum atomic E-state index is -1.41. The Morgan fingerprint density at radius 2 is 2.05 bits per heavy atom. The first-order chi connectivity index (χ1) is 9.47. The van der Waals surface area contributed by atoms with Crippen molar-refractivity contribution in [2.24, 2.45) is 0 Å². The lowest BCUT2D eigenvalue weighted by Crippen LogP contribution is -2.03. The number of benzene rings is 1. The molecule has 8 nitrogen and oxygen atoms in total. The average molecular weight is 275 g/mol. The van der Waals surface area contributed by atoms with Crippen molar-refractivity contribution < 1.29 is 19.6 Å². The number of nitro benzene ring substituents is 1. The van der Waals surface area contributed by atoms with Crippen LogP contribution in [0, 0.1) is 17.0 Å². The Kier molecular flexibility index (Phi) is 3.56. The van der Waals surface area contributed by atoms with Crippen LogP contribution in [0.5, 0.6) is 11.6 Å². The van der Waals surface area contributed by atoms with Crippen molar-refractivity contribution in [3.05, 3.63) is 51.7 Å². The zero-order chi connectivity index (χ0) is 14.7. The second-order valence-corrected chi connectivity index (χ2v) is 3.86. The van der Waals surface area contributed by atoms with Crippen LogP contribution in [-0.4, -0.2) is 26.2 Å². The van der Waals surface area contributed by atoms with E-state index in [0.717, 1.165) is 12.1 Å². The van der Waals surface area contributed by atoms with Crippen molar-refractivity contribution >= 4 is 11.7 Å². The molecule has 102 valence electrons. The molecule has 0 saturated heterocycles. The highest BCUT2D eigenvalue weighted by Gasteiger charge is 2.20. The number of aromatic nitrogens is 2. The summed E-state index contributed by atoms with van der Waals surface area (Å²) in [5.74, 6) is -1.11. The van der Waals surface area contributed by atoms with Gasteiger partial charge in [0, 0.05) is 18.2 Å². The summed E-state index contributed by atoms with van der Waals surface area (Å²) < 4.78 is 5.30. The Morgan fingerprint density at radius 1 is 1.30 bits per heavy atom. The summed E-state index contributed by atoms with van der Waals surface area (Å²) in [6.07, 6.45) is 0.